The van der Waals surface area contributed by atoms with Crippen molar-refractivity contribution in [2.45, 2.75) is 76.7 Å². The number of rotatable bonds is 12. The minimum Gasteiger partial charge on any atom is -0.480 e. The molecule has 0 aliphatic carbocycles. The number of carbonyl (C=O) groups excluding carboxylic acids is 3. The number of hydrogen-bond donors (Lipinski definition) is 7. The smallest absolute Gasteiger partial charge is 0.326 e. The lowest BCUT2D eigenvalue weighted by molar-refractivity contribution is -0.143. The number of H-pyrrole nitrogens is 1. The number of carboxylic acid groups (broad SMARTS) is 1. The third-order valence-corrected chi connectivity index (χ3v) is 6.95. The average Bonchev–Trinajstić information content (AvgIpc) is 3.55. The van der Waals surface area contributed by atoms with Crippen molar-refractivity contribution in [3.63, 3.8) is 0 Å². The van der Waals surface area contributed by atoms with Crippen LogP contribution in [-0.2, 0) is 25.6 Å². The maximum absolute atomic E-state index is 13.2. The van der Waals surface area contributed by atoms with Crippen LogP contribution in [-0.4, -0.2) is 75.7 Å². The third kappa shape index (κ3) is 7.07. The summed E-state index contributed by atoms with van der Waals surface area (Å²) in [6.45, 7) is 5.75. The van der Waals surface area contributed by atoms with Gasteiger partial charge in [0.15, 0.2) is 0 Å². The molecule has 11 nitrogen and oxygen atoms in total. The van der Waals surface area contributed by atoms with Crippen molar-refractivity contribution < 1.29 is 29.4 Å². The number of nitrogens with one attached hydrogen (secondary N) is 5. The van der Waals surface area contributed by atoms with E-state index in [1.807, 2.05) is 38.1 Å². The fourth-order valence-corrected chi connectivity index (χ4v) is 4.49. The maximum atomic E-state index is 13.2. The second kappa shape index (κ2) is 12.7. The van der Waals surface area contributed by atoms with Crippen molar-refractivity contribution in [3.05, 3.63) is 36.0 Å². The number of aliphatic carboxylic acids is 1. The van der Waals surface area contributed by atoms with Gasteiger partial charge in [0, 0.05) is 23.5 Å². The number of aliphatic hydroxyl groups excluding tert-OH is 1. The van der Waals surface area contributed by atoms with E-state index in [9.17, 15) is 29.4 Å². The monoisotopic (exact) mass is 515 g/mol. The van der Waals surface area contributed by atoms with Crippen LogP contribution >= 0.6 is 0 Å². The van der Waals surface area contributed by atoms with Gasteiger partial charge >= 0.3 is 5.97 Å². The normalized spacial score (nSPS) is 19.4. The van der Waals surface area contributed by atoms with Gasteiger partial charge in [-0.15, -0.1) is 0 Å². The molecule has 6 atom stereocenters. The standard InChI is InChI=1S/C26H37N5O6/c1-4-14(2)21(30-23(33)19-10-7-11-27-19)24(34)31-22(15(3)32)25(35)29-20(26(36)37)12-16-13-28-18-9-6-5-8-17(16)18/h5-6,8-9,13-15,19-22,27-28,32H,4,7,10-12H2,1-3H3,(H,29,35)(H,30,33)(H,31,34)(H,36,37). The summed E-state index contributed by atoms with van der Waals surface area (Å²) >= 11 is 0. The second-order valence-electron chi connectivity index (χ2n) is 9.71. The van der Waals surface area contributed by atoms with Gasteiger partial charge in [0.25, 0.3) is 0 Å². The molecule has 1 saturated heterocycles. The van der Waals surface area contributed by atoms with Crippen molar-refractivity contribution in [1.82, 2.24) is 26.3 Å². The first-order valence-corrected chi connectivity index (χ1v) is 12.7. The Hall–Kier alpha value is -3.44. The molecule has 0 radical (unpaired) electrons. The van der Waals surface area contributed by atoms with Gasteiger partial charge in [-0.05, 0) is 43.9 Å². The highest BCUT2D eigenvalue weighted by Crippen LogP contribution is 2.19. The van der Waals surface area contributed by atoms with E-state index in [1.165, 1.54) is 6.92 Å². The lowest BCUT2D eigenvalue weighted by Crippen LogP contribution is -2.61. The van der Waals surface area contributed by atoms with E-state index in [0.29, 0.717) is 18.4 Å². The van der Waals surface area contributed by atoms with Gasteiger partial charge in [-0.1, -0.05) is 38.5 Å². The average molecular weight is 516 g/mol. The molecule has 0 spiro atoms. The van der Waals surface area contributed by atoms with E-state index in [-0.39, 0.29) is 24.3 Å². The molecular formula is C26H37N5O6. The Balaban J connectivity index is 1.71. The number of carboxylic acids is 1. The summed E-state index contributed by atoms with van der Waals surface area (Å²) in [4.78, 5) is 53.9. The van der Waals surface area contributed by atoms with Crippen LogP contribution < -0.4 is 21.3 Å². The Morgan fingerprint density at radius 2 is 1.76 bits per heavy atom. The summed E-state index contributed by atoms with van der Waals surface area (Å²) in [7, 11) is 0. The molecule has 0 saturated carbocycles. The molecule has 1 aliphatic heterocycles. The molecule has 1 aliphatic rings. The van der Waals surface area contributed by atoms with E-state index in [4.69, 9.17) is 0 Å². The number of aliphatic hydroxyl groups is 1. The molecule has 1 fully saturated rings. The van der Waals surface area contributed by atoms with Gasteiger partial charge in [-0.3, -0.25) is 14.4 Å². The largest absolute Gasteiger partial charge is 0.480 e. The zero-order valence-electron chi connectivity index (χ0n) is 21.4. The molecule has 2 heterocycles. The van der Waals surface area contributed by atoms with Gasteiger partial charge in [-0.25, -0.2) is 4.79 Å². The predicted molar refractivity (Wildman–Crippen MR) is 138 cm³/mol. The lowest BCUT2D eigenvalue weighted by Gasteiger charge is -2.29. The molecule has 7 N–H and O–H groups in total. The zero-order chi connectivity index (χ0) is 27.1. The molecular weight excluding hydrogens is 478 g/mol. The van der Waals surface area contributed by atoms with Crippen molar-refractivity contribution in [1.29, 1.82) is 0 Å². The van der Waals surface area contributed by atoms with Gasteiger partial charge in [-0.2, -0.15) is 0 Å². The molecule has 202 valence electrons. The quantitative estimate of drug-likeness (QED) is 0.215. The van der Waals surface area contributed by atoms with Crippen molar-refractivity contribution >= 4 is 34.6 Å². The highest BCUT2D eigenvalue weighted by molar-refractivity contribution is 5.95. The van der Waals surface area contributed by atoms with Crippen LogP contribution in [0.2, 0.25) is 0 Å². The maximum Gasteiger partial charge on any atom is 0.326 e. The van der Waals surface area contributed by atoms with Crippen LogP contribution in [0.5, 0.6) is 0 Å². The topological polar surface area (TPSA) is 173 Å². The Kier molecular flexibility index (Phi) is 9.65. The molecule has 11 heteroatoms. The van der Waals surface area contributed by atoms with Crippen LogP contribution in [0.25, 0.3) is 10.9 Å². The van der Waals surface area contributed by atoms with Crippen LogP contribution in [0.4, 0.5) is 0 Å². The van der Waals surface area contributed by atoms with Crippen molar-refractivity contribution in [2.24, 2.45) is 5.92 Å². The number of para-hydroxylation sites is 1. The number of carbonyl (C=O) groups is 4. The van der Waals surface area contributed by atoms with Crippen LogP contribution in [0, 0.1) is 5.92 Å². The lowest BCUT2D eigenvalue weighted by atomic mass is 9.97. The number of fused-ring (bicyclic) bond motifs is 1. The first-order chi connectivity index (χ1) is 17.6. The first kappa shape index (κ1) is 28.1. The fourth-order valence-electron chi connectivity index (χ4n) is 4.49. The zero-order valence-corrected chi connectivity index (χ0v) is 21.4. The van der Waals surface area contributed by atoms with E-state index >= 15 is 0 Å². The summed E-state index contributed by atoms with van der Waals surface area (Å²) in [5, 5.41) is 31.7. The fraction of sp³-hybridized carbons (Fsp3) is 0.538. The first-order valence-electron chi connectivity index (χ1n) is 12.7. The van der Waals surface area contributed by atoms with Crippen molar-refractivity contribution in [3.8, 4) is 0 Å². The van der Waals surface area contributed by atoms with Crippen LogP contribution in [0.1, 0.15) is 45.6 Å². The summed E-state index contributed by atoms with van der Waals surface area (Å²) in [5.41, 5.74) is 1.55. The molecule has 3 amide bonds. The Morgan fingerprint density at radius 1 is 1.05 bits per heavy atom. The molecule has 1 aromatic heterocycles. The van der Waals surface area contributed by atoms with Gasteiger partial charge in [0.1, 0.15) is 18.1 Å². The minimum absolute atomic E-state index is 0.00546. The molecule has 1 aromatic carbocycles. The molecule has 3 rings (SSSR count). The predicted octanol–water partition coefficient (Wildman–Crippen LogP) is 0.428. The number of hydrogen-bond acceptors (Lipinski definition) is 6. The Bertz CT molecular complexity index is 1110. The summed E-state index contributed by atoms with van der Waals surface area (Å²) in [5.74, 6) is -3.23. The number of aromatic nitrogens is 1. The Labute approximate surface area is 215 Å². The van der Waals surface area contributed by atoms with Gasteiger partial charge in [0.05, 0.1) is 12.1 Å². The number of amides is 3. The van der Waals surface area contributed by atoms with E-state index in [1.54, 1.807) is 6.20 Å². The molecule has 37 heavy (non-hydrogen) atoms. The summed E-state index contributed by atoms with van der Waals surface area (Å²) < 4.78 is 0. The summed E-state index contributed by atoms with van der Waals surface area (Å²) in [6.07, 6.45) is 2.52. The highest BCUT2D eigenvalue weighted by atomic mass is 16.4. The van der Waals surface area contributed by atoms with E-state index in [0.717, 1.165) is 23.9 Å². The molecule has 0 bridgehead atoms. The van der Waals surface area contributed by atoms with E-state index in [2.05, 4.69) is 26.3 Å². The SMILES string of the molecule is CCC(C)C(NC(=O)C1CCCN1)C(=O)NC(C(=O)NC(Cc1c[nH]c2ccccc12)C(=O)O)C(C)O. The van der Waals surface area contributed by atoms with Crippen LogP contribution in [0.15, 0.2) is 30.5 Å². The second-order valence-corrected chi connectivity index (χ2v) is 9.71. The molecule has 6 unspecified atom stereocenters. The van der Waals surface area contributed by atoms with Gasteiger partial charge in [0.2, 0.25) is 17.7 Å². The Morgan fingerprint density at radius 3 is 2.38 bits per heavy atom. The third-order valence-electron chi connectivity index (χ3n) is 6.95. The van der Waals surface area contributed by atoms with E-state index < -0.39 is 42.0 Å². The van der Waals surface area contributed by atoms with Crippen molar-refractivity contribution in [2.75, 3.05) is 6.54 Å². The van der Waals surface area contributed by atoms with Gasteiger partial charge < -0.3 is 36.5 Å². The number of benzene rings is 1. The summed E-state index contributed by atoms with van der Waals surface area (Å²) in [6, 6.07) is 3.41. The molecule has 2 aromatic rings. The van der Waals surface area contributed by atoms with Crippen LogP contribution in [0.3, 0.4) is 0 Å². The minimum atomic E-state index is -1.41. The highest BCUT2D eigenvalue weighted by Gasteiger charge is 2.35. The number of aromatic amines is 1.